The van der Waals surface area contributed by atoms with E-state index in [4.69, 9.17) is 4.74 Å². The molecule has 0 spiro atoms. The number of hydrogen-bond acceptors (Lipinski definition) is 4. The van der Waals surface area contributed by atoms with Crippen LogP contribution in [0.15, 0.2) is 34.8 Å². The van der Waals surface area contributed by atoms with Crippen molar-refractivity contribution in [1.82, 2.24) is 0 Å². The van der Waals surface area contributed by atoms with Gasteiger partial charge in [-0.2, -0.15) is 0 Å². The van der Waals surface area contributed by atoms with Gasteiger partial charge in [0.05, 0.1) is 10.5 Å². The average Bonchev–Trinajstić information content (AvgIpc) is 2.41. The number of nitro groups is 1. The normalized spacial score (nSPS) is 18.6. The summed E-state index contributed by atoms with van der Waals surface area (Å²) in [5.74, 6) is -0.466. The monoisotopic (exact) mass is 325 g/mol. The highest BCUT2D eigenvalue weighted by molar-refractivity contribution is 9.11. The standard InChI is InChI=1S/C13H12BrNO4/c14-11-3-1-2-4-12(11)19-13(16)9-5-7-10(8-6-9)15(17)18/h3,5-8,12H,1-2,4H2. The molecule has 0 heterocycles. The van der Waals surface area contributed by atoms with Gasteiger partial charge in [0.2, 0.25) is 0 Å². The summed E-state index contributed by atoms with van der Waals surface area (Å²) in [4.78, 5) is 21.9. The summed E-state index contributed by atoms with van der Waals surface area (Å²) in [6.07, 6.45) is 4.49. The molecule has 6 heteroatoms. The van der Waals surface area contributed by atoms with Crippen molar-refractivity contribution in [3.8, 4) is 0 Å². The van der Waals surface area contributed by atoms with Gasteiger partial charge in [-0.1, -0.05) is 22.0 Å². The number of non-ortho nitro benzene ring substituents is 1. The lowest BCUT2D eigenvalue weighted by Crippen LogP contribution is -2.20. The number of ether oxygens (including phenoxy) is 1. The molecule has 0 bridgehead atoms. The SMILES string of the molecule is O=C(OC1CCCC=C1Br)c1ccc([N+](=O)[O-])cc1. The molecule has 1 unspecified atom stereocenters. The number of nitrogens with zero attached hydrogens (tertiary/aromatic N) is 1. The lowest BCUT2D eigenvalue weighted by Gasteiger charge is -2.20. The fourth-order valence-electron chi connectivity index (χ4n) is 1.84. The summed E-state index contributed by atoms with van der Waals surface area (Å²) >= 11 is 3.38. The highest BCUT2D eigenvalue weighted by Gasteiger charge is 2.21. The van der Waals surface area contributed by atoms with Gasteiger partial charge in [-0.15, -0.1) is 0 Å². The minimum Gasteiger partial charge on any atom is -0.453 e. The molecule has 0 amide bonds. The summed E-state index contributed by atoms with van der Waals surface area (Å²) in [6, 6.07) is 5.40. The molecule has 0 radical (unpaired) electrons. The molecule has 0 saturated heterocycles. The Hall–Kier alpha value is -1.69. The van der Waals surface area contributed by atoms with Gasteiger partial charge in [-0.25, -0.2) is 4.79 Å². The number of rotatable bonds is 3. The maximum Gasteiger partial charge on any atom is 0.338 e. The minimum absolute atomic E-state index is 0.0460. The predicted molar refractivity (Wildman–Crippen MR) is 73.2 cm³/mol. The summed E-state index contributed by atoms with van der Waals surface area (Å²) in [7, 11) is 0. The van der Waals surface area contributed by atoms with Crippen LogP contribution in [0, 0.1) is 10.1 Å². The molecule has 1 aliphatic rings. The van der Waals surface area contributed by atoms with E-state index in [9.17, 15) is 14.9 Å². The number of hydrogen-bond donors (Lipinski definition) is 0. The lowest BCUT2D eigenvalue weighted by molar-refractivity contribution is -0.384. The fraction of sp³-hybridized carbons (Fsp3) is 0.308. The van der Waals surface area contributed by atoms with Gasteiger partial charge in [0.25, 0.3) is 5.69 Å². The Morgan fingerprint density at radius 2 is 2.05 bits per heavy atom. The van der Waals surface area contributed by atoms with Crippen molar-refractivity contribution in [3.63, 3.8) is 0 Å². The third-order valence-electron chi connectivity index (χ3n) is 2.88. The van der Waals surface area contributed by atoms with E-state index in [2.05, 4.69) is 15.9 Å². The summed E-state index contributed by atoms with van der Waals surface area (Å²) < 4.78 is 6.25. The van der Waals surface area contributed by atoms with Crippen molar-refractivity contribution in [1.29, 1.82) is 0 Å². The molecule has 0 aromatic heterocycles. The molecule has 0 aliphatic heterocycles. The highest BCUT2D eigenvalue weighted by Crippen LogP contribution is 2.26. The van der Waals surface area contributed by atoms with E-state index in [1.165, 1.54) is 24.3 Å². The zero-order valence-corrected chi connectivity index (χ0v) is 11.6. The second-order valence-corrected chi connectivity index (χ2v) is 5.13. The Morgan fingerprint density at radius 1 is 1.37 bits per heavy atom. The van der Waals surface area contributed by atoms with Crippen LogP contribution in [0.25, 0.3) is 0 Å². The van der Waals surface area contributed by atoms with Crippen LogP contribution in [0.5, 0.6) is 0 Å². The summed E-state index contributed by atoms with van der Waals surface area (Å²) in [6.45, 7) is 0. The van der Waals surface area contributed by atoms with Gasteiger partial charge < -0.3 is 4.74 Å². The number of benzene rings is 1. The van der Waals surface area contributed by atoms with E-state index in [-0.39, 0.29) is 11.8 Å². The molecular formula is C13H12BrNO4. The molecule has 0 fully saturated rings. The first-order chi connectivity index (χ1) is 9.08. The Labute approximate surface area is 118 Å². The van der Waals surface area contributed by atoms with Crippen LogP contribution in [0.2, 0.25) is 0 Å². The number of nitro benzene ring substituents is 1. The molecule has 1 atom stereocenters. The first-order valence-electron chi connectivity index (χ1n) is 5.89. The third kappa shape index (κ3) is 3.41. The van der Waals surface area contributed by atoms with Gasteiger partial charge in [0, 0.05) is 16.6 Å². The lowest BCUT2D eigenvalue weighted by atomic mass is 10.1. The highest BCUT2D eigenvalue weighted by atomic mass is 79.9. The van der Waals surface area contributed by atoms with Crippen molar-refractivity contribution < 1.29 is 14.5 Å². The van der Waals surface area contributed by atoms with Gasteiger partial charge in [-0.3, -0.25) is 10.1 Å². The molecule has 5 nitrogen and oxygen atoms in total. The fourth-order valence-corrected chi connectivity index (χ4v) is 2.40. The number of halogens is 1. The summed E-state index contributed by atoms with van der Waals surface area (Å²) in [5, 5.41) is 10.5. The number of allylic oxidation sites excluding steroid dienone is 1. The van der Waals surface area contributed by atoms with E-state index in [1.807, 2.05) is 6.08 Å². The summed E-state index contributed by atoms with van der Waals surface area (Å²) in [5.41, 5.74) is 0.270. The molecule has 1 aliphatic carbocycles. The first kappa shape index (κ1) is 13.7. The van der Waals surface area contributed by atoms with Crippen LogP contribution in [0.4, 0.5) is 5.69 Å². The van der Waals surface area contributed by atoms with Crippen LogP contribution in [0.1, 0.15) is 29.6 Å². The Morgan fingerprint density at radius 3 is 2.63 bits per heavy atom. The van der Waals surface area contributed by atoms with E-state index < -0.39 is 10.9 Å². The Bertz CT molecular complexity index is 524. The third-order valence-corrected chi connectivity index (χ3v) is 3.71. The molecule has 100 valence electrons. The second kappa shape index (κ2) is 5.97. The molecular weight excluding hydrogens is 314 g/mol. The average molecular weight is 326 g/mol. The van der Waals surface area contributed by atoms with Crippen LogP contribution in [-0.4, -0.2) is 17.0 Å². The largest absolute Gasteiger partial charge is 0.453 e. The maximum atomic E-state index is 11.9. The number of esters is 1. The van der Waals surface area contributed by atoms with Crippen LogP contribution >= 0.6 is 15.9 Å². The predicted octanol–water partition coefficient (Wildman–Crippen LogP) is 3.58. The van der Waals surface area contributed by atoms with E-state index in [0.717, 1.165) is 23.7 Å². The first-order valence-corrected chi connectivity index (χ1v) is 6.68. The number of carbonyl (C=O) groups is 1. The molecule has 0 saturated carbocycles. The molecule has 1 aromatic carbocycles. The molecule has 19 heavy (non-hydrogen) atoms. The number of carbonyl (C=O) groups excluding carboxylic acids is 1. The molecule has 1 aromatic rings. The minimum atomic E-state index is -0.504. The van der Waals surface area contributed by atoms with E-state index in [0.29, 0.717) is 5.56 Å². The topological polar surface area (TPSA) is 69.4 Å². The van der Waals surface area contributed by atoms with Crippen molar-refractivity contribution in [2.24, 2.45) is 0 Å². The zero-order chi connectivity index (χ0) is 13.8. The van der Waals surface area contributed by atoms with Crippen molar-refractivity contribution in [2.75, 3.05) is 0 Å². The van der Waals surface area contributed by atoms with E-state index in [1.54, 1.807) is 0 Å². The van der Waals surface area contributed by atoms with Crippen molar-refractivity contribution in [3.05, 3.63) is 50.5 Å². The second-order valence-electron chi connectivity index (χ2n) is 4.22. The van der Waals surface area contributed by atoms with Crippen molar-refractivity contribution >= 4 is 27.6 Å². The smallest absolute Gasteiger partial charge is 0.338 e. The van der Waals surface area contributed by atoms with Gasteiger partial charge >= 0.3 is 5.97 Å². The van der Waals surface area contributed by atoms with Crippen LogP contribution < -0.4 is 0 Å². The van der Waals surface area contributed by atoms with E-state index >= 15 is 0 Å². The Balaban J connectivity index is 2.05. The zero-order valence-electron chi connectivity index (χ0n) is 10.0. The van der Waals surface area contributed by atoms with Gasteiger partial charge in [0.15, 0.2) is 0 Å². The quantitative estimate of drug-likeness (QED) is 0.484. The Kier molecular flexibility index (Phi) is 4.31. The molecule has 2 rings (SSSR count). The van der Waals surface area contributed by atoms with Crippen molar-refractivity contribution in [2.45, 2.75) is 25.4 Å². The van der Waals surface area contributed by atoms with Gasteiger partial charge in [-0.05, 0) is 31.4 Å². The van der Waals surface area contributed by atoms with Crippen LogP contribution in [-0.2, 0) is 4.74 Å². The molecule has 0 N–H and O–H groups in total. The van der Waals surface area contributed by atoms with Crippen LogP contribution in [0.3, 0.4) is 0 Å². The van der Waals surface area contributed by atoms with Gasteiger partial charge in [0.1, 0.15) is 6.10 Å². The maximum absolute atomic E-state index is 11.9.